The zero-order valence-corrected chi connectivity index (χ0v) is 12.2. The Bertz CT molecular complexity index is 482. The van der Waals surface area contributed by atoms with E-state index in [0.29, 0.717) is 24.3 Å². The van der Waals surface area contributed by atoms with Gasteiger partial charge < -0.3 is 10.6 Å². The van der Waals surface area contributed by atoms with Gasteiger partial charge in [-0.15, -0.1) is 0 Å². The summed E-state index contributed by atoms with van der Waals surface area (Å²) >= 11 is 0. The maximum Gasteiger partial charge on any atom is 0.227 e. The van der Waals surface area contributed by atoms with Gasteiger partial charge in [-0.2, -0.15) is 0 Å². The molecule has 2 aliphatic rings. The predicted molar refractivity (Wildman–Crippen MR) is 80.3 cm³/mol. The molecule has 3 nitrogen and oxygen atoms in total. The van der Waals surface area contributed by atoms with Crippen molar-refractivity contribution in [3.05, 3.63) is 35.4 Å². The van der Waals surface area contributed by atoms with Crippen molar-refractivity contribution >= 4 is 5.91 Å². The first-order valence-electron chi connectivity index (χ1n) is 7.70. The fraction of sp³-hybridized carbons (Fsp3) is 0.588. The van der Waals surface area contributed by atoms with Gasteiger partial charge in [0.05, 0.1) is 6.42 Å². The van der Waals surface area contributed by atoms with E-state index in [-0.39, 0.29) is 5.91 Å². The molecular formula is C17H24N2O. The molecule has 0 radical (unpaired) electrons. The number of amides is 1. The molecule has 3 rings (SSSR count). The SMILES string of the molecule is Cc1ccc(CC(=O)N2C[C@H]3CCC(N)C[C@H]3C2)cc1. The van der Waals surface area contributed by atoms with Crippen molar-refractivity contribution in [1.82, 2.24) is 4.90 Å². The van der Waals surface area contributed by atoms with Gasteiger partial charge in [-0.05, 0) is 43.6 Å². The van der Waals surface area contributed by atoms with Crippen LogP contribution < -0.4 is 5.73 Å². The smallest absolute Gasteiger partial charge is 0.227 e. The largest absolute Gasteiger partial charge is 0.342 e. The molecule has 0 aromatic heterocycles. The molecule has 3 heteroatoms. The Hall–Kier alpha value is -1.35. The van der Waals surface area contributed by atoms with Gasteiger partial charge in [-0.1, -0.05) is 29.8 Å². The molecule has 1 aromatic carbocycles. The van der Waals surface area contributed by atoms with Crippen molar-refractivity contribution in [1.29, 1.82) is 0 Å². The fourth-order valence-corrected chi connectivity index (χ4v) is 3.66. The second kappa shape index (κ2) is 5.57. The van der Waals surface area contributed by atoms with Crippen LogP contribution in [0.3, 0.4) is 0 Å². The van der Waals surface area contributed by atoms with Crippen molar-refractivity contribution in [2.75, 3.05) is 13.1 Å². The van der Waals surface area contributed by atoms with Gasteiger partial charge in [-0.25, -0.2) is 0 Å². The van der Waals surface area contributed by atoms with E-state index in [4.69, 9.17) is 5.73 Å². The number of aryl methyl sites for hydroxylation is 1. The molecular weight excluding hydrogens is 248 g/mol. The number of nitrogens with zero attached hydrogens (tertiary/aromatic N) is 1. The molecule has 2 N–H and O–H groups in total. The molecule has 1 saturated carbocycles. The minimum atomic E-state index is 0.275. The molecule has 1 aliphatic heterocycles. The highest BCUT2D eigenvalue weighted by Gasteiger charge is 2.38. The van der Waals surface area contributed by atoms with E-state index in [9.17, 15) is 4.79 Å². The van der Waals surface area contributed by atoms with Gasteiger partial charge in [0, 0.05) is 19.1 Å². The quantitative estimate of drug-likeness (QED) is 0.896. The monoisotopic (exact) mass is 272 g/mol. The van der Waals surface area contributed by atoms with Crippen molar-refractivity contribution in [3.63, 3.8) is 0 Å². The van der Waals surface area contributed by atoms with Gasteiger partial charge in [0.25, 0.3) is 0 Å². The number of carbonyl (C=O) groups is 1. The second-order valence-corrected chi connectivity index (χ2v) is 6.55. The lowest BCUT2D eigenvalue weighted by Gasteiger charge is -2.27. The van der Waals surface area contributed by atoms with Gasteiger partial charge >= 0.3 is 0 Å². The highest BCUT2D eigenvalue weighted by molar-refractivity contribution is 5.79. The molecule has 3 atom stereocenters. The Morgan fingerprint density at radius 1 is 1.20 bits per heavy atom. The number of nitrogens with two attached hydrogens (primary N) is 1. The van der Waals surface area contributed by atoms with Crippen LogP contribution in [-0.4, -0.2) is 29.9 Å². The summed E-state index contributed by atoms with van der Waals surface area (Å²) in [4.78, 5) is 14.5. The van der Waals surface area contributed by atoms with E-state index in [0.717, 1.165) is 31.5 Å². The lowest BCUT2D eigenvalue weighted by molar-refractivity contribution is -0.129. The topological polar surface area (TPSA) is 46.3 Å². The normalized spacial score (nSPS) is 29.3. The molecule has 0 spiro atoms. The Balaban J connectivity index is 1.60. The minimum absolute atomic E-state index is 0.275. The lowest BCUT2D eigenvalue weighted by atomic mass is 9.79. The summed E-state index contributed by atoms with van der Waals surface area (Å²) in [5.74, 6) is 1.61. The van der Waals surface area contributed by atoms with Gasteiger partial charge in [0.15, 0.2) is 0 Å². The third-order valence-corrected chi connectivity index (χ3v) is 4.92. The van der Waals surface area contributed by atoms with Crippen molar-refractivity contribution in [2.45, 2.75) is 38.6 Å². The summed E-state index contributed by atoms with van der Waals surface area (Å²) in [6, 6.07) is 8.62. The van der Waals surface area contributed by atoms with Crippen LogP contribution in [0, 0.1) is 18.8 Å². The summed E-state index contributed by atoms with van der Waals surface area (Å²) in [5, 5.41) is 0. The molecule has 0 bridgehead atoms. The molecule has 2 fully saturated rings. The number of likely N-dealkylation sites (tertiary alicyclic amines) is 1. The number of rotatable bonds is 2. The van der Waals surface area contributed by atoms with Crippen LogP contribution in [0.15, 0.2) is 24.3 Å². The number of hydrogen-bond acceptors (Lipinski definition) is 2. The van der Waals surface area contributed by atoms with Gasteiger partial charge in [-0.3, -0.25) is 4.79 Å². The van der Waals surface area contributed by atoms with Gasteiger partial charge in [0.1, 0.15) is 0 Å². The number of fused-ring (bicyclic) bond motifs is 1. The first-order chi connectivity index (χ1) is 9.61. The average Bonchev–Trinajstić information content (AvgIpc) is 2.84. The number of benzene rings is 1. The summed E-state index contributed by atoms with van der Waals surface area (Å²) in [7, 11) is 0. The Morgan fingerprint density at radius 2 is 1.90 bits per heavy atom. The zero-order valence-electron chi connectivity index (χ0n) is 12.2. The molecule has 20 heavy (non-hydrogen) atoms. The lowest BCUT2D eigenvalue weighted by Crippen LogP contribution is -2.32. The number of carbonyl (C=O) groups excluding carboxylic acids is 1. The first kappa shape index (κ1) is 13.6. The van der Waals surface area contributed by atoms with E-state index in [1.165, 1.54) is 12.0 Å². The second-order valence-electron chi connectivity index (χ2n) is 6.55. The van der Waals surface area contributed by atoms with Crippen LogP contribution in [0.2, 0.25) is 0 Å². The van der Waals surface area contributed by atoms with E-state index in [2.05, 4.69) is 36.1 Å². The maximum absolute atomic E-state index is 12.4. The highest BCUT2D eigenvalue weighted by atomic mass is 16.2. The fourth-order valence-electron chi connectivity index (χ4n) is 3.66. The summed E-state index contributed by atoms with van der Waals surface area (Å²) in [6.07, 6.45) is 3.95. The van der Waals surface area contributed by atoms with Crippen LogP contribution in [0.1, 0.15) is 30.4 Å². The third kappa shape index (κ3) is 2.88. The number of hydrogen-bond donors (Lipinski definition) is 1. The highest BCUT2D eigenvalue weighted by Crippen LogP contribution is 2.35. The molecule has 108 valence electrons. The standard InChI is InChI=1S/C17H24N2O/c1-12-2-4-13(5-3-12)8-17(20)19-10-14-6-7-16(18)9-15(14)11-19/h2-5,14-16H,6-11,18H2,1H3/t14-,15+,16?/m1/s1. The van der Waals surface area contributed by atoms with Crippen LogP contribution in [0.4, 0.5) is 0 Å². The van der Waals surface area contributed by atoms with Crippen molar-refractivity contribution in [2.24, 2.45) is 17.6 Å². The molecule has 1 aromatic rings. The van der Waals surface area contributed by atoms with Crippen LogP contribution in [-0.2, 0) is 11.2 Å². The average molecular weight is 272 g/mol. The van der Waals surface area contributed by atoms with Crippen LogP contribution in [0.25, 0.3) is 0 Å². The van der Waals surface area contributed by atoms with E-state index in [1.807, 2.05) is 0 Å². The van der Waals surface area contributed by atoms with E-state index >= 15 is 0 Å². The Kier molecular flexibility index (Phi) is 3.79. The van der Waals surface area contributed by atoms with Gasteiger partial charge in [0.2, 0.25) is 5.91 Å². The third-order valence-electron chi connectivity index (χ3n) is 4.92. The van der Waals surface area contributed by atoms with Crippen molar-refractivity contribution < 1.29 is 4.79 Å². The molecule has 1 saturated heterocycles. The zero-order chi connectivity index (χ0) is 14.1. The molecule has 1 heterocycles. The van der Waals surface area contributed by atoms with Crippen LogP contribution >= 0.6 is 0 Å². The minimum Gasteiger partial charge on any atom is -0.342 e. The predicted octanol–water partition coefficient (Wildman–Crippen LogP) is 2.12. The molecule has 1 aliphatic carbocycles. The first-order valence-corrected chi connectivity index (χ1v) is 7.70. The summed E-state index contributed by atoms with van der Waals surface area (Å²) in [5.41, 5.74) is 8.40. The maximum atomic E-state index is 12.4. The molecule has 1 amide bonds. The summed E-state index contributed by atoms with van der Waals surface area (Å²) < 4.78 is 0. The van der Waals surface area contributed by atoms with Crippen LogP contribution in [0.5, 0.6) is 0 Å². The summed E-state index contributed by atoms with van der Waals surface area (Å²) in [6.45, 7) is 3.94. The molecule has 1 unspecified atom stereocenters. The van der Waals surface area contributed by atoms with Crippen molar-refractivity contribution in [3.8, 4) is 0 Å². The van der Waals surface area contributed by atoms with E-state index in [1.54, 1.807) is 0 Å². The van der Waals surface area contributed by atoms with E-state index < -0.39 is 0 Å². The Morgan fingerprint density at radius 3 is 2.65 bits per heavy atom. The Labute approximate surface area is 121 Å².